The van der Waals surface area contributed by atoms with E-state index in [9.17, 15) is 0 Å². The molecule has 36 nitrogen and oxygen atoms in total. The van der Waals surface area contributed by atoms with Crippen LogP contribution in [-0.2, 0) is 41.8 Å². The lowest BCUT2D eigenvalue weighted by atomic mass is 9.92. The third-order valence-electron chi connectivity index (χ3n) is 19.0. The molecular formula is C85H106N32O4S4. The van der Waals surface area contributed by atoms with Gasteiger partial charge in [-0.05, 0) is 54.9 Å². The maximum Gasteiger partial charge on any atom is 0.258 e. The number of thiazole rings is 4. The molecule has 4 N–H and O–H groups in total. The summed E-state index contributed by atoms with van der Waals surface area (Å²) in [6, 6.07) is 8.54. The van der Waals surface area contributed by atoms with E-state index < -0.39 is 0 Å². The summed E-state index contributed by atoms with van der Waals surface area (Å²) in [6.07, 6.45) is 22.0. The van der Waals surface area contributed by atoms with Gasteiger partial charge in [0.1, 0.15) is 94.1 Å². The zero-order valence-corrected chi connectivity index (χ0v) is 78.3. The van der Waals surface area contributed by atoms with Crippen molar-refractivity contribution in [3.63, 3.8) is 0 Å². The lowest BCUT2D eigenvalue weighted by Gasteiger charge is -2.14. The van der Waals surface area contributed by atoms with Crippen LogP contribution in [0, 0.1) is 27.7 Å². The van der Waals surface area contributed by atoms with Gasteiger partial charge in [0.25, 0.3) is 23.5 Å². The molecule has 0 spiro atoms. The van der Waals surface area contributed by atoms with E-state index in [0.29, 0.717) is 69.6 Å². The molecular weight excluding hydrogens is 1660 g/mol. The van der Waals surface area contributed by atoms with Crippen LogP contribution in [0.3, 0.4) is 0 Å². The summed E-state index contributed by atoms with van der Waals surface area (Å²) in [5, 5.41) is 43.3. The number of aryl methyl sites for hydroxylation is 7. The molecule has 0 bridgehead atoms. The summed E-state index contributed by atoms with van der Waals surface area (Å²) in [7, 11) is 8.23. The van der Waals surface area contributed by atoms with Crippen LogP contribution in [0.25, 0.3) is 68.8 Å². The zero-order valence-electron chi connectivity index (χ0n) is 75.0. The first-order chi connectivity index (χ1) is 59.4. The number of methoxy groups -OCH3 is 4. The molecule has 0 saturated carbocycles. The molecule has 0 aliphatic carbocycles. The lowest BCUT2D eigenvalue weighted by Crippen LogP contribution is -2.13. The Morgan fingerprint density at radius 3 is 0.912 bits per heavy atom. The van der Waals surface area contributed by atoms with Crippen molar-refractivity contribution in [2.24, 2.45) is 7.05 Å². The number of aromatic nitrogens is 28. The SMILES string of the molecule is CCCn1nc(C(C)(C)C)cc1Nc1nc(-c2cnc(-n3cnc(C)c3)c(OC)n2)cs1.CCn1nc(C(C)(C)C)cc1Nc1nc(-c2cnc(-n3cnc(C)c3)c(OC)n2)cs1.COc1nc(-c2csc(Nc3cc(C(C)(C)C)nn3C(C)C)n2)cnc1-n1cnc(C)c1.COc1nc(-c2csc(Nc3cc(C(C)(C)C)nn3C)n2)cnc1-n1cnc(C)c1. The van der Waals surface area contributed by atoms with E-state index in [0.717, 1.165) is 132 Å². The van der Waals surface area contributed by atoms with Crippen molar-refractivity contribution in [2.75, 3.05) is 49.7 Å². The summed E-state index contributed by atoms with van der Waals surface area (Å²) in [4.78, 5) is 72.3. The second-order valence-electron chi connectivity index (χ2n) is 33.6. The lowest BCUT2D eigenvalue weighted by molar-refractivity contribution is 0.394. The van der Waals surface area contributed by atoms with Crippen molar-refractivity contribution in [1.82, 2.24) is 137 Å². The maximum absolute atomic E-state index is 5.48. The van der Waals surface area contributed by atoms with Crippen LogP contribution < -0.4 is 40.2 Å². The number of nitrogens with zero attached hydrogens (tertiary/aromatic N) is 28. The van der Waals surface area contributed by atoms with E-state index in [4.69, 9.17) is 49.2 Å². The van der Waals surface area contributed by atoms with Crippen LogP contribution in [0.5, 0.6) is 23.5 Å². The Labute approximate surface area is 741 Å². The van der Waals surface area contributed by atoms with Crippen LogP contribution in [0.2, 0.25) is 0 Å². The summed E-state index contributed by atoms with van der Waals surface area (Å²) in [5.74, 6) is 7.65. The number of nitrogens with one attached hydrogen (secondary N) is 4. The average Bonchev–Trinajstić information content (AvgIpc) is 1.64. The molecule has 16 heterocycles. The van der Waals surface area contributed by atoms with Crippen LogP contribution in [0.15, 0.2) is 121 Å². The van der Waals surface area contributed by atoms with Gasteiger partial charge in [0.15, 0.2) is 20.5 Å². The first-order valence-corrected chi connectivity index (χ1v) is 43.9. The molecule has 0 aliphatic heterocycles. The Balaban J connectivity index is 0.000000143. The summed E-state index contributed by atoms with van der Waals surface area (Å²) >= 11 is 6.02. The second-order valence-corrected chi connectivity index (χ2v) is 37.0. The number of hydrogen-bond donors (Lipinski definition) is 4. The fraction of sp³-hybridized carbons (Fsp3) is 0.388. The molecule has 0 radical (unpaired) electrons. The monoisotopic (exact) mass is 1770 g/mol. The van der Waals surface area contributed by atoms with Gasteiger partial charge in [-0.3, -0.25) is 23.0 Å². The maximum atomic E-state index is 5.48. The molecule has 0 fully saturated rings. The van der Waals surface area contributed by atoms with Crippen LogP contribution in [0.4, 0.5) is 43.8 Å². The van der Waals surface area contributed by atoms with Gasteiger partial charge in [0, 0.05) is 118 Å². The van der Waals surface area contributed by atoms with E-state index >= 15 is 0 Å². The highest BCUT2D eigenvalue weighted by Crippen LogP contribution is 2.38. The Morgan fingerprint density at radius 2 is 0.632 bits per heavy atom. The first-order valence-electron chi connectivity index (χ1n) is 40.4. The van der Waals surface area contributed by atoms with Gasteiger partial charge in [-0.1, -0.05) is 90.0 Å². The summed E-state index contributed by atoms with van der Waals surface area (Å²) in [5.41, 5.74) is 13.1. The number of imidazole rings is 4. The first kappa shape index (κ1) is 89.7. The summed E-state index contributed by atoms with van der Waals surface area (Å²) < 4.78 is 36.8. The Bertz CT molecular complexity index is 6350. The zero-order chi connectivity index (χ0) is 89.6. The molecule has 0 unspecified atom stereocenters. The fourth-order valence-electron chi connectivity index (χ4n) is 12.2. The largest absolute Gasteiger partial charge is 0.478 e. The van der Waals surface area contributed by atoms with Gasteiger partial charge in [-0.25, -0.2) is 93.8 Å². The Kier molecular flexibility index (Phi) is 26.9. The normalized spacial score (nSPS) is 11.7. The number of rotatable bonds is 24. The van der Waals surface area contributed by atoms with Gasteiger partial charge in [0.05, 0.1) is 98.8 Å². The molecule has 654 valence electrons. The van der Waals surface area contributed by atoms with Crippen molar-refractivity contribution in [3.05, 3.63) is 166 Å². The molecule has 0 saturated heterocycles. The molecule has 40 heteroatoms. The highest BCUT2D eigenvalue weighted by molar-refractivity contribution is 7.15. The highest BCUT2D eigenvalue weighted by atomic mass is 32.1. The van der Waals surface area contributed by atoms with E-state index in [-0.39, 0.29) is 27.7 Å². The molecule has 125 heavy (non-hydrogen) atoms. The minimum atomic E-state index is -0.0354. The number of ether oxygens (including phenoxy) is 4. The molecule has 0 aromatic carbocycles. The van der Waals surface area contributed by atoms with Crippen LogP contribution in [0.1, 0.15) is 169 Å². The minimum Gasteiger partial charge on any atom is -0.478 e. The van der Waals surface area contributed by atoms with Crippen molar-refractivity contribution in [1.29, 1.82) is 0 Å². The standard InChI is InChI=1S/2C22H28N8OS.C21H26N8OS.C20H24N8OS/c1-13(2)30-18(8-17(28-30)22(4,5)6)27-21-26-16(11-32-21)15-9-23-19(20(25-15)31-7)29-10-14(3)24-12-29;1-7-8-30-18(9-17(28-30)22(3,4)5)27-21-26-16(12-32-21)15-10-23-19(20(25-15)31-6)29-11-14(2)24-13-29;1-7-29-17(8-16(27-29)21(3,4)5)26-20-25-15(11-31-20)14-9-22-18(19(24-14)30-6)28-10-13(2)23-12-28;1-12-9-28(11-22-12)17-18(29-6)23-13(8-21-17)14-10-30-19(24-14)25-16-7-15(20(2,3)4)26-27(16)5/h8-13H,1-7H3,(H,26,27);9-13H,7-8H2,1-6H3,(H,26,27);8-12H,7H2,1-6H3,(H,25,26);7-11H,1-6H3,(H,24,25). The molecule has 0 amide bonds. The van der Waals surface area contributed by atoms with Gasteiger partial charge < -0.3 is 40.2 Å². The van der Waals surface area contributed by atoms with Gasteiger partial charge in [-0.15, -0.1) is 45.3 Å². The molecule has 16 aromatic rings. The van der Waals surface area contributed by atoms with Crippen LogP contribution in [-0.4, -0.2) is 166 Å². The minimum absolute atomic E-state index is 0.0204. The molecule has 16 aromatic heterocycles. The van der Waals surface area contributed by atoms with E-state index in [2.05, 4.69) is 220 Å². The Hall–Kier alpha value is -13.1. The third-order valence-corrected chi connectivity index (χ3v) is 22.0. The molecule has 0 atom stereocenters. The average molecular weight is 1770 g/mol. The Morgan fingerprint density at radius 1 is 0.352 bits per heavy atom. The van der Waals surface area contributed by atoms with E-state index in [1.807, 2.05) is 106 Å². The van der Waals surface area contributed by atoms with Gasteiger partial charge >= 0.3 is 0 Å². The number of anilines is 8. The number of hydrogen-bond acceptors (Lipinski definition) is 32. The third kappa shape index (κ3) is 21.4. The highest BCUT2D eigenvalue weighted by Gasteiger charge is 2.27. The van der Waals surface area contributed by atoms with Gasteiger partial charge in [0.2, 0.25) is 23.3 Å². The smallest absolute Gasteiger partial charge is 0.258 e. The second kappa shape index (κ2) is 37.5. The topological polar surface area (TPSA) is 382 Å². The van der Waals surface area contributed by atoms with Crippen molar-refractivity contribution in [2.45, 2.75) is 186 Å². The molecule has 0 aliphatic rings. The summed E-state index contributed by atoms with van der Waals surface area (Å²) in [6.45, 7) is 43.6. The predicted molar refractivity (Wildman–Crippen MR) is 490 cm³/mol. The van der Waals surface area contributed by atoms with Crippen molar-refractivity contribution < 1.29 is 18.9 Å². The quantitative estimate of drug-likeness (QED) is 0.0436. The van der Waals surface area contributed by atoms with Crippen molar-refractivity contribution in [3.8, 4) is 92.3 Å². The van der Waals surface area contributed by atoms with Crippen molar-refractivity contribution >= 4 is 89.1 Å². The van der Waals surface area contributed by atoms with Gasteiger partial charge in [-0.2, -0.15) is 20.4 Å². The molecule has 16 rings (SSSR count). The van der Waals surface area contributed by atoms with E-state index in [1.165, 1.54) is 45.3 Å². The fourth-order valence-corrected chi connectivity index (χ4v) is 15.0. The van der Waals surface area contributed by atoms with E-state index in [1.54, 1.807) is 96.8 Å². The van der Waals surface area contributed by atoms with Crippen LogP contribution >= 0.6 is 45.3 Å². The predicted octanol–water partition coefficient (Wildman–Crippen LogP) is 17.9.